The molecule has 1 heterocycles. The van der Waals surface area contributed by atoms with Gasteiger partial charge in [-0.15, -0.1) is 0 Å². The van der Waals surface area contributed by atoms with Gasteiger partial charge in [0.15, 0.2) is 0 Å². The van der Waals surface area contributed by atoms with Crippen LogP contribution in [0.2, 0.25) is 0 Å². The largest absolute Gasteiger partial charge is 0.296 e. The topological polar surface area (TPSA) is 17.8 Å². The number of aromatic nitrogens is 2. The lowest BCUT2D eigenvalue weighted by Crippen LogP contribution is -2.00. The van der Waals surface area contributed by atoms with E-state index in [2.05, 4.69) is 127 Å². The molecule has 0 N–H and O–H groups in total. The van der Waals surface area contributed by atoms with E-state index in [9.17, 15) is 0 Å². The number of imidazole rings is 1. The summed E-state index contributed by atoms with van der Waals surface area (Å²) in [7, 11) is 0. The first-order valence-electron chi connectivity index (χ1n) is 19.1. The Morgan fingerprint density at radius 3 is 1.71 bits per heavy atom. The molecule has 2 heteroatoms. The van der Waals surface area contributed by atoms with E-state index in [0.717, 1.165) is 83.9 Å². The maximum atomic E-state index is 8.49. The van der Waals surface area contributed by atoms with Crippen molar-refractivity contribution in [3.05, 3.63) is 182 Å². The Labute approximate surface area is 293 Å². The van der Waals surface area contributed by atoms with Gasteiger partial charge in [0.1, 0.15) is 5.82 Å². The zero-order valence-corrected chi connectivity index (χ0v) is 27.0. The summed E-state index contributed by atoms with van der Waals surface area (Å²) in [5.41, 5.74) is 10.5. The molecule has 232 valence electrons. The van der Waals surface area contributed by atoms with Crippen molar-refractivity contribution < 1.29 is 6.85 Å². The maximum absolute atomic E-state index is 8.49. The van der Waals surface area contributed by atoms with Gasteiger partial charge in [-0.2, -0.15) is 0 Å². The number of fused-ring (bicyclic) bond motifs is 3. The smallest absolute Gasteiger partial charge is 0.114 e. The molecule has 0 bridgehead atoms. The third-order valence-electron chi connectivity index (χ3n) is 9.43. The van der Waals surface area contributed by atoms with Crippen LogP contribution in [0, 0.1) is 0 Å². The molecule has 0 fully saturated rings. The first-order valence-corrected chi connectivity index (χ1v) is 16.6. The van der Waals surface area contributed by atoms with Crippen LogP contribution in [0.5, 0.6) is 0 Å². The van der Waals surface area contributed by atoms with E-state index in [0.29, 0.717) is 5.56 Å². The SMILES string of the molecule is [2H]c1c([2H])c([2H])c(-c2ccc(-c3c4ccccc4c(-c4cccc(-c5cccc(-n6c(CC)nc7ccccc76)c5)c4)c4ccccc34)cc2)c([2H])c1[2H]. The first-order chi connectivity index (χ1) is 26.3. The van der Waals surface area contributed by atoms with Gasteiger partial charge >= 0.3 is 0 Å². The highest BCUT2D eigenvalue weighted by Crippen LogP contribution is 2.44. The van der Waals surface area contributed by atoms with Crippen LogP contribution in [0.25, 0.3) is 82.8 Å². The molecule has 0 unspecified atom stereocenters. The Bertz CT molecular complexity index is 2840. The monoisotopic (exact) mass is 631 g/mol. The molecule has 49 heavy (non-hydrogen) atoms. The minimum absolute atomic E-state index is 0.201. The maximum Gasteiger partial charge on any atom is 0.114 e. The molecular formula is C47H34N2. The molecule has 9 aromatic rings. The fraction of sp³-hybridized carbons (Fsp3) is 0.0426. The highest BCUT2D eigenvalue weighted by molar-refractivity contribution is 6.21. The lowest BCUT2D eigenvalue weighted by Gasteiger charge is -2.18. The predicted octanol–water partition coefficient (Wildman–Crippen LogP) is 12.6. The Morgan fingerprint density at radius 2 is 1.04 bits per heavy atom. The van der Waals surface area contributed by atoms with Gasteiger partial charge in [-0.1, -0.05) is 152 Å². The summed E-state index contributed by atoms with van der Waals surface area (Å²) >= 11 is 0. The van der Waals surface area contributed by atoms with Crippen molar-refractivity contribution in [2.24, 2.45) is 0 Å². The van der Waals surface area contributed by atoms with Gasteiger partial charge in [0, 0.05) is 12.1 Å². The summed E-state index contributed by atoms with van der Waals surface area (Å²) in [6, 6.07) is 49.0. The summed E-state index contributed by atoms with van der Waals surface area (Å²) in [6.45, 7) is 2.14. The fourth-order valence-corrected chi connectivity index (χ4v) is 7.23. The van der Waals surface area contributed by atoms with Crippen molar-refractivity contribution in [3.8, 4) is 50.2 Å². The van der Waals surface area contributed by atoms with Gasteiger partial charge in [-0.05, 0) is 96.4 Å². The number of nitrogens with zero attached hydrogens (tertiary/aromatic N) is 2. The molecule has 1 aromatic heterocycles. The minimum atomic E-state index is -0.392. The molecule has 0 saturated carbocycles. The molecule has 0 atom stereocenters. The molecule has 0 radical (unpaired) electrons. The highest BCUT2D eigenvalue weighted by Gasteiger charge is 2.17. The average molecular weight is 632 g/mol. The lowest BCUT2D eigenvalue weighted by atomic mass is 9.85. The molecule has 2 nitrogen and oxygen atoms in total. The van der Waals surface area contributed by atoms with Crippen molar-refractivity contribution in [2.75, 3.05) is 0 Å². The van der Waals surface area contributed by atoms with Gasteiger partial charge in [-0.3, -0.25) is 4.57 Å². The molecule has 0 spiro atoms. The number of benzene rings is 8. The van der Waals surface area contributed by atoms with Crippen molar-refractivity contribution >= 4 is 32.6 Å². The second-order valence-corrected chi connectivity index (χ2v) is 12.3. The standard InChI is InChI=1S/C47H34N2/c1-2-45-48-43-24-10-11-25-44(43)49(45)38-19-13-17-36(31-38)35-16-12-18-37(30-35)47-41-22-8-6-20-39(41)46(40-21-7-9-23-42(40)47)34-28-26-33(27-29-34)32-14-4-3-5-15-32/h3-31H,2H2,1H3/i3D,4D,5D,14D,15D. The van der Waals surface area contributed by atoms with Gasteiger partial charge < -0.3 is 0 Å². The molecule has 0 aliphatic carbocycles. The van der Waals surface area contributed by atoms with Crippen molar-refractivity contribution in [1.82, 2.24) is 9.55 Å². The van der Waals surface area contributed by atoms with Crippen LogP contribution in [0.4, 0.5) is 0 Å². The number of aryl methyl sites for hydroxylation is 1. The third-order valence-corrected chi connectivity index (χ3v) is 9.43. The van der Waals surface area contributed by atoms with Crippen LogP contribution in [0.15, 0.2) is 176 Å². The van der Waals surface area contributed by atoms with Crippen LogP contribution in [-0.4, -0.2) is 9.55 Å². The van der Waals surface area contributed by atoms with Gasteiger partial charge in [0.25, 0.3) is 0 Å². The van der Waals surface area contributed by atoms with Crippen molar-refractivity contribution in [1.29, 1.82) is 0 Å². The molecule has 8 aromatic carbocycles. The fourth-order valence-electron chi connectivity index (χ4n) is 7.23. The second kappa shape index (κ2) is 12.1. The highest BCUT2D eigenvalue weighted by atomic mass is 15.1. The zero-order chi connectivity index (χ0) is 37.1. The number of hydrogen-bond acceptors (Lipinski definition) is 1. The van der Waals surface area contributed by atoms with Crippen molar-refractivity contribution in [2.45, 2.75) is 13.3 Å². The normalized spacial score (nSPS) is 12.9. The molecule has 0 aliphatic heterocycles. The van der Waals surface area contributed by atoms with Crippen LogP contribution < -0.4 is 0 Å². The lowest BCUT2D eigenvalue weighted by molar-refractivity contribution is 0.908. The Hall–Kier alpha value is -6.25. The third kappa shape index (κ3) is 5.01. The Kier molecular flexibility index (Phi) is 5.91. The van der Waals surface area contributed by atoms with Gasteiger partial charge in [-0.25, -0.2) is 4.98 Å². The predicted molar refractivity (Wildman–Crippen MR) is 207 cm³/mol. The van der Waals surface area contributed by atoms with E-state index in [1.807, 2.05) is 30.3 Å². The first kappa shape index (κ1) is 24.0. The molecule has 9 rings (SSSR count). The van der Waals surface area contributed by atoms with Crippen molar-refractivity contribution in [3.63, 3.8) is 0 Å². The van der Waals surface area contributed by atoms with Gasteiger partial charge in [0.05, 0.1) is 17.9 Å². The summed E-state index contributed by atoms with van der Waals surface area (Å²) < 4.78 is 43.6. The summed E-state index contributed by atoms with van der Waals surface area (Å²) in [6.07, 6.45) is 0.826. The van der Waals surface area contributed by atoms with E-state index in [1.165, 1.54) is 0 Å². The molecule has 0 aliphatic rings. The Balaban J connectivity index is 1.18. The minimum Gasteiger partial charge on any atom is -0.296 e. The average Bonchev–Trinajstić information content (AvgIpc) is 3.61. The Morgan fingerprint density at radius 1 is 0.490 bits per heavy atom. The molecule has 0 saturated heterocycles. The van der Waals surface area contributed by atoms with Crippen LogP contribution in [0.3, 0.4) is 0 Å². The zero-order valence-electron chi connectivity index (χ0n) is 32.0. The van der Waals surface area contributed by atoms with Crippen LogP contribution >= 0.6 is 0 Å². The van der Waals surface area contributed by atoms with E-state index in [4.69, 9.17) is 11.8 Å². The number of hydrogen-bond donors (Lipinski definition) is 0. The summed E-state index contributed by atoms with van der Waals surface area (Å²) in [5, 5.41) is 4.47. The van der Waals surface area contributed by atoms with E-state index < -0.39 is 6.04 Å². The summed E-state index contributed by atoms with van der Waals surface area (Å²) in [4.78, 5) is 4.91. The molecule has 0 amide bonds. The number of para-hydroxylation sites is 2. The second-order valence-electron chi connectivity index (χ2n) is 12.3. The van der Waals surface area contributed by atoms with E-state index in [-0.39, 0.29) is 29.7 Å². The quantitative estimate of drug-likeness (QED) is 0.167. The molecular weight excluding hydrogens is 593 g/mol. The summed E-state index contributed by atoms with van der Waals surface area (Å²) in [5.74, 6) is 1.03. The number of rotatable bonds is 6. The van der Waals surface area contributed by atoms with Crippen LogP contribution in [0.1, 0.15) is 19.6 Å². The van der Waals surface area contributed by atoms with E-state index in [1.54, 1.807) is 0 Å². The van der Waals surface area contributed by atoms with Crippen LogP contribution in [-0.2, 0) is 6.42 Å². The van der Waals surface area contributed by atoms with Gasteiger partial charge in [0.2, 0.25) is 0 Å². The van der Waals surface area contributed by atoms with E-state index >= 15 is 0 Å².